The van der Waals surface area contributed by atoms with Gasteiger partial charge in [-0.2, -0.15) is 0 Å². The lowest BCUT2D eigenvalue weighted by atomic mass is 9.99. The highest BCUT2D eigenvalue weighted by atomic mass is 16.4. The van der Waals surface area contributed by atoms with Crippen LogP contribution >= 0.6 is 0 Å². The molecule has 0 aromatic heterocycles. The number of aliphatic carboxylic acids is 1. The summed E-state index contributed by atoms with van der Waals surface area (Å²) in [6, 6.07) is 0. The van der Waals surface area contributed by atoms with Crippen molar-refractivity contribution in [3.8, 4) is 0 Å². The van der Waals surface area contributed by atoms with E-state index in [-0.39, 0.29) is 5.91 Å². The molecule has 0 aliphatic rings. The van der Waals surface area contributed by atoms with Gasteiger partial charge in [-0.25, -0.2) is 0 Å². The molecule has 0 rings (SSSR count). The Balaban J connectivity index is 3.83. The Morgan fingerprint density at radius 1 is 1.31 bits per heavy atom. The minimum Gasteiger partial charge on any atom is -0.545 e. The Hall–Kier alpha value is -1.32. The van der Waals surface area contributed by atoms with E-state index in [0.717, 1.165) is 37.8 Å². The first-order valence-electron chi connectivity index (χ1n) is 5.77. The zero-order valence-electron chi connectivity index (χ0n) is 9.99. The van der Waals surface area contributed by atoms with Gasteiger partial charge in [0.15, 0.2) is 0 Å². The van der Waals surface area contributed by atoms with Crippen molar-refractivity contribution in [3.63, 3.8) is 0 Å². The van der Waals surface area contributed by atoms with Crippen LogP contribution in [0.3, 0.4) is 0 Å². The number of nitrogens with one attached hydrogen (secondary N) is 1. The van der Waals surface area contributed by atoms with Gasteiger partial charge in [-0.3, -0.25) is 4.79 Å². The number of amides is 1. The summed E-state index contributed by atoms with van der Waals surface area (Å²) in [7, 11) is 0. The van der Waals surface area contributed by atoms with E-state index < -0.39 is 5.97 Å². The quantitative estimate of drug-likeness (QED) is 0.617. The maximum atomic E-state index is 11.2. The fourth-order valence-electron chi connectivity index (χ4n) is 1.39. The van der Waals surface area contributed by atoms with Gasteiger partial charge in [0, 0.05) is 12.6 Å². The van der Waals surface area contributed by atoms with Gasteiger partial charge in [-0.15, -0.1) is 0 Å². The standard InChI is InChI=1S/C12H21NO3/c1-3-5-6-10(4-2)9-13-11(14)7-8-12(15)16/h7-8,10H,3-6,9H2,1-2H3,(H,13,14)(H,15,16)/p-1/t10-/m0/s1. The molecule has 0 aromatic carbocycles. The fraction of sp³-hybridized carbons (Fsp3) is 0.667. The molecule has 0 aromatic rings. The summed E-state index contributed by atoms with van der Waals surface area (Å²) in [5.74, 6) is -1.26. The van der Waals surface area contributed by atoms with Crippen LogP contribution in [0.5, 0.6) is 0 Å². The molecule has 0 aliphatic carbocycles. The van der Waals surface area contributed by atoms with Gasteiger partial charge in [-0.05, 0) is 18.4 Å². The van der Waals surface area contributed by atoms with Gasteiger partial charge >= 0.3 is 0 Å². The summed E-state index contributed by atoms with van der Waals surface area (Å²) in [5, 5.41) is 12.7. The number of hydrogen-bond donors (Lipinski definition) is 1. The molecule has 0 aliphatic heterocycles. The fourth-order valence-corrected chi connectivity index (χ4v) is 1.39. The van der Waals surface area contributed by atoms with Gasteiger partial charge in [-0.1, -0.05) is 33.1 Å². The highest BCUT2D eigenvalue weighted by molar-refractivity contribution is 5.93. The summed E-state index contributed by atoms with van der Waals surface area (Å²) in [6.07, 6.45) is 6.14. The average Bonchev–Trinajstić information content (AvgIpc) is 2.26. The Kier molecular flexibility index (Phi) is 8.21. The molecule has 1 atom stereocenters. The second-order valence-corrected chi connectivity index (χ2v) is 3.81. The monoisotopic (exact) mass is 226 g/mol. The summed E-state index contributed by atoms with van der Waals surface area (Å²) < 4.78 is 0. The molecule has 0 bridgehead atoms. The molecule has 4 heteroatoms. The normalized spacial score (nSPS) is 12.6. The molecule has 92 valence electrons. The highest BCUT2D eigenvalue weighted by Crippen LogP contribution is 2.10. The van der Waals surface area contributed by atoms with Crippen LogP contribution in [0, 0.1) is 5.92 Å². The Morgan fingerprint density at radius 3 is 2.50 bits per heavy atom. The molecular weight excluding hydrogens is 206 g/mol. The predicted octanol–water partition coefficient (Wildman–Crippen LogP) is 0.625. The van der Waals surface area contributed by atoms with Crippen LogP contribution in [-0.4, -0.2) is 18.4 Å². The topological polar surface area (TPSA) is 69.2 Å². The van der Waals surface area contributed by atoms with Crippen molar-refractivity contribution in [2.24, 2.45) is 5.92 Å². The number of unbranched alkanes of at least 4 members (excludes halogenated alkanes) is 1. The van der Waals surface area contributed by atoms with E-state index in [0.29, 0.717) is 12.5 Å². The molecule has 0 unspecified atom stereocenters. The van der Waals surface area contributed by atoms with Gasteiger partial charge in [0.05, 0.1) is 5.97 Å². The Bertz CT molecular complexity index is 249. The van der Waals surface area contributed by atoms with Crippen molar-refractivity contribution in [2.75, 3.05) is 6.54 Å². The molecule has 1 amide bonds. The molecule has 1 N–H and O–H groups in total. The van der Waals surface area contributed by atoms with Crippen molar-refractivity contribution in [1.29, 1.82) is 0 Å². The van der Waals surface area contributed by atoms with E-state index in [2.05, 4.69) is 19.2 Å². The molecule has 0 saturated heterocycles. The molecule has 16 heavy (non-hydrogen) atoms. The van der Waals surface area contributed by atoms with E-state index in [4.69, 9.17) is 0 Å². The van der Waals surface area contributed by atoms with Crippen molar-refractivity contribution < 1.29 is 14.7 Å². The van der Waals surface area contributed by atoms with Crippen LogP contribution in [0.25, 0.3) is 0 Å². The zero-order chi connectivity index (χ0) is 12.4. The van der Waals surface area contributed by atoms with Gasteiger partial charge < -0.3 is 15.2 Å². The highest BCUT2D eigenvalue weighted by Gasteiger charge is 2.06. The first kappa shape index (κ1) is 14.7. The minimum absolute atomic E-state index is 0.376. The smallest absolute Gasteiger partial charge is 0.244 e. The van der Waals surface area contributed by atoms with E-state index in [1.54, 1.807) is 0 Å². The lowest BCUT2D eigenvalue weighted by Crippen LogP contribution is -2.28. The van der Waals surface area contributed by atoms with Crippen LogP contribution in [0.1, 0.15) is 39.5 Å². The number of rotatable bonds is 8. The SMILES string of the molecule is CCCC[C@H](CC)CNC(=O)C=CC(=O)[O-]. The van der Waals surface area contributed by atoms with Crippen LogP contribution < -0.4 is 10.4 Å². The molecule has 4 nitrogen and oxygen atoms in total. The van der Waals surface area contributed by atoms with Crippen LogP contribution in [0.4, 0.5) is 0 Å². The van der Waals surface area contributed by atoms with Crippen molar-refractivity contribution in [1.82, 2.24) is 5.32 Å². The molecule has 0 spiro atoms. The third-order valence-corrected chi connectivity index (χ3v) is 2.48. The van der Waals surface area contributed by atoms with Gasteiger partial charge in [0.2, 0.25) is 5.91 Å². The second kappa shape index (κ2) is 8.95. The van der Waals surface area contributed by atoms with Crippen molar-refractivity contribution in [3.05, 3.63) is 12.2 Å². The molecule has 0 radical (unpaired) electrons. The predicted molar refractivity (Wildman–Crippen MR) is 60.5 cm³/mol. The molecule has 0 fully saturated rings. The first-order valence-corrected chi connectivity index (χ1v) is 5.77. The summed E-state index contributed by atoms with van der Waals surface area (Å²) in [4.78, 5) is 21.2. The molecule has 0 saturated carbocycles. The third-order valence-electron chi connectivity index (χ3n) is 2.48. The lowest BCUT2D eigenvalue weighted by Gasteiger charge is -2.14. The first-order chi connectivity index (χ1) is 7.60. The summed E-state index contributed by atoms with van der Waals surface area (Å²) in [6.45, 7) is 4.82. The summed E-state index contributed by atoms with van der Waals surface area (Å²) >= 11 is 0. The number of carbonyl (C=O) groups excluding carboxylic acids is 2. The van der Waals surface area contributed by atoms with Crippen LogP contribution in [0.2, 0.25) is 0 Å². The van der Waals surface area contributed by atoms with Gasteiger partial charge in [0.25, 0.3) is 0 Å². The second-order valence-electron chi connectivity index (χ2n) is 3.81. The maximum absolute atomic E-state index is 11.2. The average molecular weight is 226 g/mol. The van der Waals surface area contributed by atoms with Gasteiger partial charge in [0.1, 0.15) is 0 Å². The van der Waals surface area contributed by atoms with Crippen LogP contribution in [0.15, 0.2) is 12.2 Å². The van der Waals surface area contributed by atoms with Crippen LogP contribution in [-0.2, 0) is 9.59 Å². The molecular formula is C12H20NO3-. The van der Waals surface area contributed by atoms with E-state index in [1.807, 2.05) is 0 Å². The number of carboxylic acids is 1. The van der Waals surface area contributed by atoms with E-state index >= 15 is 0 Å². The maximum Gasteiger partial charge on any atom is 0.244 e. The zero-order valence-corrected chi connectivity index (χ0v) is 9.99. The largest absolute Gasteiger partial charge is 0.545 e. The van der Waals surface area contributed by atoms with E-state index in [9.17, 15) is 14.7 Å². The minimum atomic E-state index is -1.35. The lowest BCUT2D eigenvalue weighted by molar-refractivity contribution is -0.297. The Labute approximate surface area is 96.7 Å². The number of carboxylic acid groups (broad SMARTS) is 1. The summed E-state index contributed by atoms with van der Waals surface area (Å²) in [5.41, 5.74) is 0. The number of hydrogen-bond acceptors (Lipinski definition) is 3. The molecule has 0 heterocycles. The third kappa shape index (κ3) is 8.03. The Morgan fingerprint density at radius 2 is 2.00 bits per heavy atom. The number of carbonyl (C=O) groups is 2. The van der Waals surface area contributed by atoms with Crippen molar-refractivity contribution >= 4 is 11.9 Å². The van der Waals surface area contributed by atoms with E-state index in [1.165, 1.54) is 0 Å². The van der Waals surface area contributed by atoms with Crippen molar-refractivity contribution in [2.45, 2.75) is 39.5 Å².